The van der Waals surface area contributed by atoms with Gasteiger partial charge in [0, 0.05) is 23.6 Å². The summed E-state index contributed by atoms with van der Waals surface area (Å²) in [6.07, 6.45) is 3.18. The molecule has 3 N–H and O–H groups in total. The predicted molar refractivity (Wildman–Crippen MR) is 95.2 cm³/mol. The van der Waals surface area contributed by atoms with Crippen molar-refractivity contribution < 1.29 is 9.59 Å². The second kappa shape index (κ2) is 5.71. The number of carbonyl (C=O) groups excluding carboxylic acids is 2. The highest BCUT2D eigenvalue weighted by atomic mass is 32.1. The van der Waals surface area contributed by atoms with Gasteiger partial charge in [-0.2, -0.15) is 9.61 Å². The summed E-state index contributed by atoms with van der Waals surface area (Å²) in [4.78, 5) is 29.9. The van der Waals surface area contributed by atoms with Crippen molar-refractivity contribution in [1.82, 2.24) is 25.2 Å². The fourth-order valence-electron chi connectivity index (χ4n) is 2.60. The first-order chi connectivity index (χ1) is 12.0. The van der Waals surface area contributed by atoms with E-state index in [2.05, 4.69) is 21.0 Å². The number of fused-ring (bicyclic) bond motifs is 1. The van der Waals surface area contributed by atoms with Crippen LogP contribution in [0.1, 0.15) is 10.4 Å². The van der Waals surface area contributed by atoms with E-state index in [9.17, 15) is 9.59 Å². The summed E-state index contributed by atoms with van der Waals surface area (Å²) in [6, 6.07) is 5.46. The average molecular weight is 354 g/mol. The standard InChI is InChI=1S/C16H14N6O2S/c1-8-3-4-12(25-8)10-6-13(17-2)22-14(19-10)9(7-18-22)5-11-15(23)21-16(24)20-11/h3-7,17H,1-2H3,(H2,20,21,23,24)/b11-5-. The number of hydrogen-bond donors (Lipinski definition) is 3. The van der Waals surface area contributed by atoms with E-state index in [0.717, 1.165) is 16.4 Å². The quantitative estimate of drug-likeness (QED) is 0.493. The number of amides is 3. The van der Waals surface area contributed by atoms with Crippen LogP contribution >= 0.6 is 11.3 Å². The summed E-state index contributed by atoms with van der Waals surface area (Å²) >= 11 is 1.65. The molecule has 4 heterocycles. The van der Waals surface area contributed by atoms with Crippen molar-refractivity contribution in [3.63, 3.8) is 0 Å². The molecule has 8 nitrogen and oxygen atoms in total. The molecule has 0 saturated carbocycles. The van der Waals surface area contributed by atoms with Crippen LogP contribution in [0.5, 0.6) is 0 Å². The Morgan fingerprint density at radius 1 is 1.28 bits per heavy atom. The second-order valence-electron chi connectivity index (χ2n) is 5.49. The number of rotatable bonds is 3. The number of nitrogens with one attached hydrogen (secondary N) is 3. The molecule has 1 aliphatic heterocycles. The zero-order valence-electron chi connectivity index (χ0n) is 13.5. The van der Waals surface area contributed by atoms with Gasteiger partial charge in [0.15, 0.2) is 5.65 Å². The van der Waals surface area contributed by atoms with Gasteiger partial charge < -0.3 is 10.6 Å². The number of urea groups is 1. The molecule has 25 heavy (non-hydrogen) atoms. The maximum absolute atomic E-state index is 11.7. The normalized spacial score (nSPS) is 15.7. The summed E-state index contributed by atoms with van der Waals surface area (Å²) in [5.41, 5.74) is 2.22. The zero-order chi connectivity index (χ0) is 17.6. The first-order valence-electron chi connectivity index (χ1n) is 7.52. The van der Waals surface area contributed by atoms with Crippen molar-refractivity contribution in [2.45, 2.75) is 6.92 Å². The highest BCUT2D eigenvalue weighted by molar-refractivity contribution is 7.15. The molecule has 0 unspecified atom stereocenters. The third-order valence-electron chi connectivity index (χ3n) is 3.77. The molecular weight excluding hydrogens is 340 g/mol. The summed E-state index contributed by atoms with van der Waals surface area (Å²) in [7, 11) is 1.81. The first-order valence-corrected chi connectivity index (χ1v) is 8.34. The molecule has 1 fully saturated rings. The van der Waals surface area contributed by atoms with Crippen LogP contribution in [-0.4, -0.2) is 33.6 Å². The molecule has 3 aromatic rings. The predicted octanol–water partition coefficient (Wildman–Crippen LogP) is 1.99. The lowest BCUT2D eigenvalue weighted by molar-refractivity contribution is -0.115. The van der Waals surface area contributed by atoms with Gasteiger partial charge in [0.25, 0.3) is 5.91 Å². The minimum absolute atomic E-state index is 0.171. The van der Waals surface area contributed by atoms with E-state index in [-0.39, 0.29) is 5.70 Å². The van der Waals surface area contributed by atoms with Gasteiger partial charge in [-0.1, -0.05) is 0 Å². The van der Waals surface area contributed by atoms with Crippen molar-refractivity contribution in [2.75, 3.05) is 12.4 Å². The average Bonchev–Trinajstić information content (AvgIpc) is 3.27. The molecule has 0 bridgehead atoms. The lowest BCUT2D eigenvalue weighted by Crippen LogP contribution is -2.22. The van der Waals surface area contributed by atoms with E-state index in [0.29, 0.717) is 11.2 Å². The maximum atomic E-state index is 11.7. The van der Waals surface area contributed by atoms with Crippen LogP contribution in [0.15, 0.2) is 30.1 Å². The van der Waals surface area contributed by atoms with E-state index in [1.165, 1.54) is 4.88 Å². The van der Waals surface area contributed by atoms with E-state index in [4.69, 9.17) is 4.98 Å². The SMILES string of the molecule is CNc1cc(-c2ccc(C)s2)nc2c(/C=C3\NC(=O)NC3=O)cnn12. The minimum Gasteiger partial charge on any atom is -0.373 e. The lowest BCUT2D eigenvalue weighted by Gasteiger charge is -2.06. The van der Waals surface area contributed by atoms with Crippen molar-refractivity contribution in [2.24, 2.45) is 0 Å². The number of thiophene rings is 1. The summed E-state index contributed by atoms with van der Waals surface area (Å²) in [5, 5.41) is 12.1. The number of hydrogen-bond acceptors (Lipinski definition) is 6. The van der Waals surface area contributed by atoms with Crippen molar-refractivity contribution in [1.29, 1.82) is 0 Å². The van der Waals surface area contributed by atoms with Crippen LogP contribution in [0.25, 0.3) is 22.3 Å². The third-order valence-corrected chi connectivity index (χ3v) is 4.79. The Hall–Kier alpha value is -3.20. The van der Waals surface area contributed by atoms with E-state index in [1.54, 1.807) is 28.1 Å². The van der Waals surface area contributed by atoms with Crippen LogP contribution < -0.4 is 16.0 Å². The molecule has 4 rings (SSSR count). The lowest BCUT2D eigenvalue weighted by atomic mass is 10.2. The Kier molecular flexibility index (Phi) is 3.50. The monoisotopic (exact) mass is 354 g/mol. The number of imide groups is 1. The highest BCUT2D eigenvalue weighted by Crippen LogP contribution is 2.29. The first kappa shape index (κ1) is 15.3. The molecule has 3 amide bonds. The molecule has 0 atom stereocenters. The van der Waals surface area contributed by atoms with Gasteiger partial charge in [0.05, 0.1) is 16.8 Å². The summed E-state index contributed by atoms with van der Waals surface area (Å²) in [6.45, 7) is 2.04. The van der Waals surface area contributed by atoms with Gasteiger partial charge in [-0.05, 0) is 25.1 Å². The minimum atomic E-state index is -0.536. The van der Waals surface area contributed by atoms with Crippen LogP contribution in [0.4, 0.5) is 10.6 Å². The van der Waals surface area contributed by atoms with Crippen LogP contribution in [0.2, 0.25) is 0 Å². The largest absolute Gasteiger partial charge is 0.373 e. The Morgan fingerprint density at radius 2 is 2.12 bits per heavy atom. The van der Waals surface area contributed by atoms with Crippen LogP contribution in [0, 0.1) is 6.92 Å². The Bertz CT molecular complexity index is 1050. The Balaban J connectivity index is 1.88. The third kappa shape index (κ3) is 2.64. The molecule has 3 aromatic heterocycles. The van der Waals surface area contributed by atoms with Crippen LogP contribution in [0.3, 0.4) is 0 Å². The molecule has 0 radical (unpaired) electrons. The Labute approximate surface area is 146 Å². The number of aromatic nitrogens is 3. The summed E-state index contributed by atoms with van der Waals surface area (Å²) in [5.74, 6) is 0.304. The van der Waals surface area contributed by atoms with Crippen molar-refractivity contribution in [3.8, 4) is 10.6 Å². The van der Waals surface area contributed by atoms with Gasteiger partial charge in [-0.15, -0.1) is 11.3 Å². The molecule has 9 heteroatoms. The number of aryl methyl sites for hydroxylation is 1. The molecule has 0 spiro atoms. The highest BCUT2D eigenvalue weighted by Gasteiger charge is 2.23. The number of carbonyl (C=O) groups is 2. The smallest absolute Gasteiger partial charge is 0.326 e. The van der Waals surface area contributed by atoms with Gasteiger partial charge in [0.2, 0.25) is 0 Å². The van der Waals surface area contributed by atoms with E-state index in [1.807, 2.05) is 32.2 Å². The van der Waals surface area contributed by atoms with Gasteiger partial charge in [0.1, 0.15) is 11.5 Å². The fourth-order valence-corrected chi connectivity index (χ4v) is 3.42. The fraction of sp³-hybridized carbons (Fsp3) is 0.125. The molecule has 0 aromatic carbocycles. The van der Waals surface area contributed by atoms with Crippen molar-refractivity contribution >= 4 is 40.8 Å². The molecule has 0 aliphatic carbocycles. The maximum Gasteiger partial charge on any atom is 0.326 e. The molecule has 1 saturated heterocycles. The Morgan fingerprint density at radius 3 is 2.76 bits per heavy atom. The van der Waals surface area contributed by atoms with Gasteiger partial charge in [-0.3, -0.25) is 10.1 Å². The van der Waals surface area contributed by atoms with Gasteiger partial charge in [-0.25, -0.2) is 9.78 Å². The van der Waals surface area contributed by atoms with Crippen molar-refractivity contribution in [3.05, 3.63) is 40.5 Å². The summed E-state index contributed by atoms with van der Waals surface area (Å²) < 4.78 is 1.66. The number of nitrogens with zero attached hydrogens (tertiary/aromatic N) is 3. The second-order valence-corrected chi connectivity index (χ2v) is 6.78. The van der Waals surface area contributed by atoms with E-state index < -0.39 is 11.9 Å². The van der Waals surface area contributed by atoms with Crippen LogP contribution in [-0.2, 0) is 4.79 Å². The van der Waals surface area contributed by atoms with Gasteiger partial charge >= 0.3 is 6.03 Å². The molecular formula is C16H14N6O2S. The number of anilines is 1. The molecule has 1 aliphatic rings. The zero-order valence-corrected chi connectivity index (χ0v) is 14.3. The molecule has 126 valence electrons. The van der Waals surface area contributed by atoms with E-state index >= 15 is 0 Å². The topological polar surface area (TPSA) is 100 Å².